The molecule has 2 heterocycles. The van der Waals surface area contributed by atoms with Crippen LogP contribution < -0.4 is 14.8 Å². The first-order valence-corrected chi connectivity index (χ1v) is 8.48. The molecule has 1 aliphatic rings. The number of fused-ring (bicyclic) bond motifs is 1. The molecular weight excluding hydrogens is 344 g/mol. The van der Waals surface area contributed by atoms with Crippen LogP contribution in [-0.2, 0) is 6.54 Å². The van der Waals surface area contributed by atoms with E-state index in [0.29, 0.717) is 29.7 Å². The third-order valence-electron chi connectivity index (χ3n) is 4.11. The van der Waals surface area contributed by atoms with Crippen molar-refractivity contribution in [3.63, 3.8) is 0 Å². The van der Waals surface area contributed by atoms with Crippen molar-refractivity contribution in [2.45, 2.75) is 6.54 Å². The molecule has 1 amide bonds. The molecule has 0 saturated heterocycles. The number of nitrogens with zero attached hydrogens (tertiary/aromatic N) is 3. The Kier molecular flexibility index (Phi) is 4.57. The van der Waals surface area contributed by atoms with Crippen LogP contribution in [0.15, 0.2) is 60.8 Å². The molecule has 136 valence electrons. The summed E-state index contributed by atoms with van der Waals surface area (Å²) in [6.45, 7) is 0.724. The van der Waals surface area contributed by atoms with Crippen molar-refractivity contribution in [3.8, 4) is 11.5 Å². The van der Waals surface area contributed by atoms with Crippen LogP contribution in [0.4, 0.5) is 11.6 Å². The van der Waals surface area contributed by atoms with Crippen molar-refractivity contribution in [2.24, 2.45) is 0 Å². The lowest BCUT2D eigenvalue weighted by Crippen LogP contribution is -2.27. The highest BCUT2D eigenvalue weighted by Gasteiger charge is 2.16. The molecule has 0 atom stereocenters. The Morgan fingerprint density at radius 1 is 1.11 bits per heavy atom. The minimum absolute atomic E-state index is 0.171. The van der Waals surface area contributed by atoms with Crippen LogP contribution >= 0.6 is 0 Å². The van der Waals surface area contributed by atoms with Gasteiger partial charge in [-0.25, -0.2) is 9.97 Å². The van der Waals surface area contributed by atoms with E-state index in [1.807, 2.05) is 48.5 Å². The van der Waals surface area contributed by atoms with Gasteiger partial charge >= 0.3 is 0 Å². The van der Waals surface area contributed by atoms with E-state index < -0.39 is 0 Å². The summed E-state index contributed by atoms with van der Waals surface area (Å²) in [7, 11) is 1.75. The summed E-state index contributed by atoms with van der Waals surface area (Å²) in [6, 6.07) is 16.9. The van der Waals surface area contributed by atoms with Gasteiger partial charge in [0, 0.05) is 31.5 Å². The molecule has 0 radical (unpaired) electrons. The lowest BCUT2D eigenvalue weighted by Gasteiger charge is -2.17. The SMILES string of the molecule is CN(Cc1ccccc1)C(=O)c1ccnc(Nc2ccc3c(c2)OCO3)n1. The highest BCUT2D eigenvalue weighted by atomic mass is 16.7. The van der Waals surface area contributed by atoms with Crippen molar-refractivity contribution in [1.29, 1.82) is 0 Å². The molecule has 3 aromatic rings. The van der Waals surface area contributed by atoms with E-state index in [2.05, 4.69) is 15.3 Å². The van der Waals surface area contributed by atoms with E-state index >= 15 is 0 Å². The fourth-order valence-electron chi connectivity index (χ4n) is 2.77. The second-order valence-corrected chi connectivity index (χ2v) is 6.11. The molecule has 1 aromatic heterocycles. The van der Waals surface area contributed by atoms with E-state index in [-0.39, 0.29) is 12.7 Å². The van der Waals surface area contributed by atoms with Crippen molar-refractivity contribution in [1.82, 2.24) is 14.9 Å². The van der Waals surface area contributed by atoms with Gasteiger partial charge in [0.05, 0.1) is 0 Å². The van der Waals surface area contributed by atoms with Crippen molar-refractivity contribution >= 4 is 17.5 Å². The van der Waals surface area contributed by atoms with Gasteiger partial charge in [0.1, 0.15) is 5.69 Å². The molecule has 27 heavy (non-hydrogen) atoms. The summed E-state index contributed by atoms with van der Waals surface area (Å²) >= 11 is 0. The van der Waals surface area contributed by atoms with Crippen molar-refractivity contribution < 1.29 is 14.3 Å². The minimum Gasteiger partial charge on any atom is -0.454 e. The zero-order valence-corrected chi connectivity index (χ0v) is 14.8. The summed E-state index contributed by atoms with van der Waals surface area (Å²) in [5.74, 6) is 1.53. The lowest BCUT2D eigenvalue weighted by molar-refractivity contribution is 0.0779. The number of hydrogen-bond donors (Lipinski definition) is 1. The zero-order chi connectivity index (χ0) is 18.6. The fraction of sp³-hybridized carbons (Fsp3) is 0.150. The van der Waals surface area contributed by atoms with Crippen LogP contribution in [0.1, 0.15) is 16.1 Å². The van der Waals surface area contributed by atoms with Crippen LogP contribution in [-0.4, -0.2) is 34.6 Å². The average Bonchev–Trinajstić information content (AvgIpc) is 3.16. The molecule has 7 nitrogen and oxygen atoms in total. The monoisotopic (exact) mass is 362 g/mol. The van der Waals surface area contributed by atoms with Gasteiger partial charge in [-0.3, -0.25) is 4.79 Å². The number of carbonyl (C=O) groups excluding carboxylic acids is 1. The van der Waals surface area contributed by atoms with Gasteiger partial charge in [0.2, 0.25) is 12.7 Å². The summed E-state index contributed by atoms with van der Waals surface area (Å²) < 4.78 is 10.7. The Balaban J connectivity index is 1.47. The first-order valence-electron chi connectivity index (χ1n) is 8.48. The summed E-state index contributed by atoms with van der Waals surface area (Å²) in [6.07, 6.45) is 1.56. The summed E-state index contributed by atoms with van der Waals surface area (Å²) in [4.78, 5) is 22.8. The van der Waals surface area contributed by atoms with Crippen LogP contribution in [0.2, 0.25) is 0 Å². The molecule has 1 aliphatic heterocycles. The third-order valence-corrected chi connectivity index (χ3v) is 4.11. The highest BCUT2D eigenvalue weighted by Crippen LogP contribution is 2.34. The molecule has 0 saturated carbocycles. The maximum absolute atomic E-state index is 12.7. The first kappa shape index (κ1) is 16.8. The largest absolute Gasteiger partial charge is 0.454 e. The number of rotatable bonds is 5. The Labute approximate surface area is 156 Å². The number of nitrogens with one attached hydrogen (secondary N) is 1. The standard InChI is InChI=1S/C20H18N4O3/c1-24(12-14-5-3-2-4-6-14)19(25)16-9-10-21-20(23-16)22-15-7-8-17-18(11-15)27-13-26-17/h2-11H,12-13H2,1H3,(H,21,22,23). The Bertz CT molecular complexity index is 962. The van der Waals surface area contributed by atoms with E-state index in [1.165, 1.54) is 0 Å². The molecule has 0 aliphatic carbocycles. The van der Waals surface area contributed by atoms with Crippen LogP contribution in [0, 0.1) is 0 Å². The molecule has 7 heteroatoms. The topological polar surface area (TPSA) is 76.6 Å². The number of anilines is 2. The Morgan fingerprint density at radius 2 is 1.93 bits per heavy atom. The predicted octanol–water partition coefficient (Wildman–Crippen LogP) is 3.22. The van der Waals surface area contributed by atoms with Crippen molar-refractivity contribution in [3.05, 3.63) is 72.1 Å². The fourth-order valence-corrected chi connectivity index (χ4v) is 2.77. The molecule has 0 unspecified atom stereocenters. The summed E-state index contributed by atoms with van der Waals surface area (Å²) in [5, 5.41) is 3.09. The van der Waals surface area contributed by atoms with Gasteiger partial charge in [0.15, 0.2) is 11.5 Å². The van der Waals surface area contributed by atoms with E-state index in [0.717, 1.165) is 11.3 Å². The molecule has 4 rings (SSSR count). The number of carbonyl (C=O) groups is 1. The molecule has 1 N–H and O–H groups in total. The number of amides is 1. The molecule has 0 spiro atoms. The molecule has 2 aromatic carbocycles. The molecule has 0 bridgehead atoms. The summed E-state index contributed by atoms with van der Waals surface area (Å²) in [5.41, 5.74) is 2.13. The predicted molar refractivity (Wildman–Crippen MR) is 100 cm³/mol. The maximum Gasteiger partial charge on any atom is 0.272 e. The van der Waals surface area contributed by atoms with Gasteiger partial charge in [-0.2, -0.15) is 0 Å². The Morgan fingerprint density at radius 3 is 2.78 bits per heavy atom. The smallest absolute Gasteiger partial charge is 0.272 e. The maximum atomic E-state index is 12.7. The van der Waals surface area contributed by atoms with Crippen molar-refractivity contribution in [2.75, 3.05) is 19.2 Å². The van der Waals surface area contributed by atoms with Gasteiger partial charge in [-0.1, -0.05) is 30.3 Å². The van der Waals surface area contributed by atoms with E-state index in [9.17, 15) is 4.79 Å². The van der Waals surface area contributed by atoms with Crippen LogP contribution in [0.5, 0.6) is 11.5 Å². The van der Waals surface area contributed by atoms with Gasteiger partial charge in [0.25, 0.3) is 5.91 Å². The third kappa shape index (κ3) is 3.82. The van der Waals surface area contributed by atoms with Crippen LogP contribution in [0.25, 0.3) is 0 Å². The van der Waals surface area contributed by atoms with Gasteiger partial charge in [-0.05, 0) is 23.8 Å². The quantitative estimate of drug-likeness (QED) is 0.751. The van der Waals surface area contributed by atoms with E-state index in [4.69, 9.17) is 9.47 Å². The van der Waals surface area contributed by atoms with Gasteiger partial charge in [-0.15, -0.1) is 0 Å². The number of benzene rings is 2. The second kappa shape index (κ2) is 7.33. The average molecular weight is 362 g/mol. The normalized spacial score (nSPS) is 11.9. The zero-order valence-electron chi connectivity index (χ0n) is 14.8. The number of hydrogen-bond acceptors (Lipinski definition) is 6. The molecular formula is C20H18N4O3. The first-order chi connectivity index (χ1) is 13.2. The van der Waals surface area contributed by atoms with Crippen LogP contribution in [0.3, 0.4) is 0 Å². The van der Waals surface area contributed by atoms with E-state index in [1.54, 1.807) is 24.2 Å². The second-order valence-electron chi connectivity index (χ2n) is 6.11. The Hall–Kier alpha value is -3.61. The van der Waals surface area contributed by atoms with Gasteiger partial charge < -0.3 is 19.7 Å². The lowest BCUT2D eigenvalue weighted by atomic mass is 10.2. The number of aromatic nitrogens is 2. The highest BCUT2D eigenvalue weighted by molar-refractivity contribution is 5.92. The number of ether oxygens (including phenoxy) is 2. The minimum atomic E-state index is -0.171. The molecule has 0 fully saturated rings.